The molecule has 5 heteroatoms. The van der Waals surface area contributed by atoms with Crippen LogP contribution in [0, 0.1) is 36.0 Å². The van der Waals surface area contributed by atoms with Gasteiger partial charge >= 0.3 is 0 Å². The minimum atomic E-state index is -0.260. The van der Waals surface area contributed by atoms with Crippen LogP contribution in [0.25, 0.3) is 10.8 Å². The second-order valence-electron chi connectivity index (χ2n) is 7.42. The predicted octanol–water partition coefficient (Wildman–Crippen LogP) is 2.99. The summed E-state index contributed by atoms with van der Waals surface area (Å²) in [6.45, 7) is 0.125. The molecule has 2 aromatic rings. The molecular formula is C23H18N2O3. The molecule has 2 aliphatic carbocycles. The quantitative estimate of drug-likeness (QED) is 0.360. The number of terminal acetylenes is 1. The van der Waals surface area contributed by atoms with Crippen LogP contribution in [0.4, 0.5) is 0 Å². The van der Waals surface area contributed by atoms with Crippen LogP contribution in [0.2, 0.25) is 0 Å². The molecule has 1 saturated heterocycles. The number of hydrazone groups is 1. The van der Waals surface area contributed by atoms with Crippen LogP contribution in [0.3, 0.4) is 0 Å². The topological polar surface area (TPSA) is 59.0 Å². The number of ether oxygens (including phenoxy) is 1. The van der Waals surface area contributed by atoms with Crippen molar-refractivity contribution < 1.29 is 14.3 Å². The predicted molar refractivity (Wildman–Crippen MR) is 105 cm³/mol. The summed E-state index contributed by atoms with van der Waals surface area (Å²) in [7, 11) is 0. The normalized spacial score (nSPS) is 27.8. The number of carbonyl (C=O) groups excluding carboxylic acids is 2. The van der Waals surface area contributed by atoms with Crippen molar-refractivity contribution in [2.75, 3.05) is 6.61 Å². The van der Waals surface area contributed by atoms with E-state index in [9.17, 15) is 9.59 Å². The van der Waals surface area contributed by atoms with Crippen molar-refractivity contribution >= 4 is 28.8 Å². The Labute approximate surface area is 162 Å². The number of nitrogens with zero attached hydrogens (tertiary/aromatic N) is 2. The van der Waals surface area contributed by atoms with Crippen molar-refractivity contribution in [1.29, 1.82) is 0 Å². The van der Waals surface area contributed by atoms with Crippen molar-refractivity contribution in [2.24, 2.45) is 28.8 Å². The van der Waals surface area contributed by atoms with E-state index in [1.807, 2.05) is 36.4 Å². The molecule has 2 amide bonds. The number of hydrogen-bond acceptors (Lipinski definition) is 4. The van der Waals surface area contributed by atoms with Crippen molar-refractivity contribution in [3.05, 3.63) is 54.1 Å². The third-order valence-electron chi connectivity index (χ3n) is 5.99. The number of carbonyl (C=O) groups is 2. The van der Waals surface area contributed by atoms with Crippen LogP contribution in [-0.2, 0) is 9.59 Å². The van der Waals surface area contributed by atoms with E-state index in [0.29, 0.717) is 11.3 Å². The van der Waals surface area contributed by atoms with Gasteiger partial charge in [-0.05, 0) is 35.1 Å². The number of fused-ring (bicyclic) bond motifs is 6. The first-order chi connectivity index (χ1) is 13.7. The molecule has 5 rings (SSSR count). The van der Waals surface area contributed by atoms with Gasteiger partial charge in [-0.1, -0.05) is 48.4 Å². The average Bonchev–Trinajstić information content (AvgIpc) is 3.39. The van der Waals surface area contributed by atoms with Gasteiger partial charge in [0.1, 0.15) is 12.4 Å². The number of imide groups is 1. The SMILES string of the molecule is C#CCOc1ccc2ccccc2c1/C=N\N1C(=O)[C@@H]2[C@@H](C1=O)[C@@H]1C=C[C@@H]2C1. The molecule has 0 unspecified atom stereocenters. The smallest absolute Gasteiger partial charge is 0.254 e. The Morgan fingerprint density at radius 1 is 1.11 bits per heavy atom. The maximum atomic E-state index is 12.8. The highest BCUT2D eigenvalue weighted by Crippen LogP contribution is 2.52. The third kappa shape index (κ3) is 2.38. The summed E-state index contributed by atoms with van der Waals surface area (Å²) < 4.78 is 5.66. The summed E-state index contributed by atoms with van der Waals surface area (Å²) in [6.07, 6.45) is 11.9. The Balaban J connectivity index is 1.52. The zero-order valence-corrected chi connectivity index (χ0v) is 15.1. The summed E-state index contributed by atoms with van der Waals surface area (Å²) in [4.78, 5) is 25.7. The van der Waals surface area contributed by atoms with Gasteiger partial charge in [-0.25, -0.2) is 0 Å². The summed E-state index contributed by atoms with van der Waals surface area (Å²) in [5.41, 5.74) is 0.701. The fourth-order valence-corrected chi connectivity index (χ4v) is 4.77. The van der Waals surface area contributed by atoms with Gasteiger partial charge in [0.25, 0.3) is 11.8 Å². The molecule has 3 aliphatic rings. The highest BCUT2D eigenvalue weighted by molar-refractivity contribution is 6.08. The van der Waals surface area contributed by atoms with Gasteiger partial charge in [-0.2, -0.15) is 10.1 Å². The standard InChI is InChI=1S/C23H18N2O3/c1-2-11-28-19-10-9-14-5-3-4-6-17(14)18(19)13-24-25-22(26)20-15-7-8-16(12-15)21(20)23(25)27/h1,3-10,13,15-16,20-21H,11-12H2/b24-13-/t15-,16-,20+,21+/m1/s1. The number of hydrogen-bond donors (Lipinski definition) is 0. The lowest BCUT2D eigenvalue weighted by atomic mass is 9.85. The molecule has 138 valence electrons. The van der Waals surface area contributed by atoms with Gasteiger partial charge in [0.05, 0.1) is 18.1 Å². The van der Waals surface area contributed by atoms with E-state index in [1.165, 1.54) is 0 Å². The molecule has 5 nitrogen and oxygen atoms in total. The summed E-state index contributed by atoms with van der Waals surface area (Å²) in [6, 6.07) is 11.6. The maximum absolute atomic E-state index is 12.8. The van der Waals surface area contributed by atoms with Gasteiger partial charge < -0.3 is 4.74 Å². The molecule has 0 N–H and O–H groups in total. The zero-order chi connectivity index (χ0) is 19.3. The molecule has 2 bridgehead atoms. The van der Waals surface area contributed by atoms with Crippen LogP contribution in [0.1, 0.15) is 12.0 Å². The van der Waals surface area contributed by atoms with Crippen LogP contribution < -0.4 is 4.74 Å². The monoisotopic (exact) mass is 370 g/mol. The van der Waals surface area contributed by atoms with E-state index < -0.39 is 0 Å². The molecule has 1 aliphatic heterocycles. The number of benzene rings is 2. The lowest BCUT2D eigenvalue weighted by Gasteiger charge is -2.13. The van der Waals surface area contributed by atoms with Gasteiger partial charge in [0.2, 0.25) is 0 Å². The van der Waals surface area contributed by atoms with Crippen LogP contribution >= 0.6 is 0 Å². The minimum absolute atomic E-state index is 0.125. The van der Waals surface area contributed by atoms with Gasteiger partial charge in [-0.3, -0.25) is 9.59 Å². The molecule has 2 aromatic carbocycles. The Bertz CT molecular complexity index is 1060. The van der Waals surface area contributed by atoms with Crippen LogP contribution in [0.15, 0.2) is 53.7 Å². The van der Waals surface area contributed by atoms with Crippen LogP contribution in [-0.4, -0.2) is 29.6 Å². The second kappa shape index (κ2) is 6.35. The van der Waals surface area contributed by atoms with Crippen molar-refractivity contribution in [1.82, 2.24) is 5.01 Å². The Hall–Kier alpha value is -3.39. The van der Waals surface area contributed by atoms with E-state index in [2.05, 4.69) is 23.2 Å². The van der Waals surface area contributed by atoms with E-state index in [1.54, 1.807) is 6.21 Å². The Morgan fingerprint density at radius 2 is 1.82 bits per heavy atom. The lowest BCUT2D eigenvalue weighted by Crippen LogP contribution is -2.28. The molecule has 2 fully saturated rings. The minimum Gasteiger partial charge on any atom is -0.480 e. The van der Waals surface area contributed by atoms with Gasteiger partial charge in [0.15, 0.2) is 0 Å². The fraction of sp³-hybridized carbons (Fsp3) is 0.261. The first-order valence-electron chi connectivity index (χ1n) is 9.37. The highest BCUT2D eigenvalue weighted by atomic mass is 16.5. The van der Waals surface area contributed by atoms with Crippen molar-refractivity contribution in [2.45, 2.75) is 6.42 Å². The molecule has 0 spiro atoms. The van der Waals surface area contributed by atoms with E-state index in [0.717, 1.165) is 22.2 Å². The number of amides is 2. The van der Waals surface area contributed by atoms with E-state index >= 15 is 0 Å². The Morgan fingerprint density at radius 3 is 2.54 bits per heavy atom. The molecule has 1 saturated carbocycles. The first-order valence-corrected chi connectivity index (χ1v) is 9.37. The van der Waals surface area contributed by atoms with E-state index in [4.69, 9.17) is 11.2 Å². The second-order valence-corrected chi connectivity index (χ2v) is 7.42. The van der Waals surface area contributed by atoms with Crippen molar-refractivity contribution in [3.63, 3.8) is 0 Å². The van der Waals surface area contributed by atoms with Gasteiger partial charge in [-0.15, -0.1) is 6.42 Å². The lowest BCUT2D eigenvalue weighted by molar-refractivity contribution is -0.140. The fourth-order valence-electron chi connectivity index (χ4n) is 4.77. The number of allylic oxidation sites excluding steroid dienone is 2. The van der Waals surface area contributed by atoms with Gasteiger partial charge in [0, 0.05) is 5.56 Å². The molecule has 0 radical (unpaired) electrons. The largest absolute Gasteiger partial charge is 0.480 e. The maximum Gasteiger partial charge on any atom is 0.254 e. The highest BCUT2D eigenvalue weighted by Gasteiger charge is 2.59. The molecule has 0 aromatic heterocycles. The summed E-state index contributed by atoms with van der Waals surface area (Å²) in [5, 5.41) is 7.28. The van der Waals surface area contributed by atoms with Crippen LogP contribution in [0.5, 0.6) is 5.75 Å². The first kappa shape index (κ1) is 16.8. The molecule has 28 heavy (non-hydrogen) atoms. The Kier molecular flexibility index (Phi) is 3.80. The zero-order valence-electron chi connectivity index (χ0n) is 15.1. The molecule has 1 heterocycles. The van der Waals surface area contributed by atoms with Crippen molar-refractivity contribution in [3.8, 4) is 18.1 Å². The average molecular weight is 370 g/mol. The molecular weight excluding hydrogens is 352 g/mol. The third-order valence-corrected chi connectivity index (χ3v) is 5.99. The molecule has 4 atom stereocenters. The number of rotatable bonds is 4. The summed E-state index contributed by atoms with van der Waals surface area (Å²) >= 11 is 0. The van der Waals surface area contributed by atoms with E-state index in [-0.39, 0.29) is 42.1 Å². The summed E-state index contributed by atoms with van der Waals surface area (Å²) in [5.74, 6) is 2.44.